The number of benzene rings is 2. The van der Waals surface area contributed by atoms with Crippen molar-refractivity contribution < 1.29 is 14.3 Å². The molecule has 1 aliphatic heterocycles. The zero-order valence-corrected chi connectivity index (χ0v) is 17.9. The number of nitrogens with zero attached hydrogens (tertiary/aromatic N) is 1. The van der Waals surface area contributed by atoms with E-state index in [-0.39, 0.29) is 17.4 Å². The van der Waals surface area contributed by atoms with Crippen molar-refractivity contribution in [2.75, 3.05) is 12.0 Å². The van der Waals surface area contributed by atoms with Gasteiger partial charge >= 0.3 is 6.09 Å². The predicted octanol–water partition coefficient (Wildman–Crippen LogP) is 4.23. The number of carbonyl (C=O) groups excluding carboxylic acids is 2. The number of hydrogen-bond donors (Lipinski definition) is 0. The largest absolute Gasteiger partial charge is 0.452 e. The van der Waals surface area contributed by atoms with Crippen molar-refractivity contribution in [1.29, 1.82) is 0 Å². The van der Waals surface area contributed by atoms with Gasteiger partial charge in [0.1, 0.15) is 13.9 Å². The molecule has 3 rings (SSSR count). The van der Waals surface area contributed by atoms with Crippen LogP contribution in [0, 0.1) is 0 Å². The average molecular weight is 432 g/mol. The third-order valence-corrected chi connectivity index (χ3v) is 9.63. The first-order chi connectivity index (χ1) is 12.3. The Morgan fingerprint density at radius 3 is 2.35 bits per heavy atom. The minimum atomic E-state index is -2.24. The van der Waals surface area contributed by atoms with E-state index in [9.17, 15) is 9.59 Å². The number of carbonyl (C=O) groups is 2. The number of rotatable bonds is 3. The Labute approximate surface area is 163 Å². The molecular formula is C20H22BrNO3Si. The molecule has 0 aliphatic carbocycles. The van der Waals surface area contributed by atoms with Gasteiger partial charge in [-0.1, -0.05) is 64.5 Å². The molecule has 0 fully saturated rings. The highest BCUT2D eigenvalue weighted by Crippen LogP contribution is 2.46. The first-order valence-electron chi connectivity index (χ1n) is 8.51. The zero-order chi connectivity index (χ0) is 19.1. The van der Waals surface area contributed by atoms with Gasteiger partial charge < -0.3 is 4.74 Å². The molecule has 0 radical (unpaired) electrons. The molecule has 0 aromatic heterocycles. The van der Waals surface area contributed by atoms with Crippen LogP contribution in [0.25, 0.3) is 0 Å². The topological polar surface area (TPSA) is 46.6 Å². The number of methoxy groups -OCH3 is 1. The monoisotopic (exact) mass is 431 g/mol. The molecule has 0 unspecified atom stereocenters. The highest BCUT2D eigenvalue weighted by atomic mass is 79.9. The van der Waals surface area contributed by atoms with Crippen LogP contribution in [0.2, 0.25) is 13.1 Å². The third kappa shape index (κ3) is 3.01. The quantitative estimate of drug-likeness (QED) is 0.682. The summed E-state index contributed by atoms with van der Waals surface area (Å²) in [6.07, 6.45) is -0.418. The van der Waals surface area contributed by atoms with Crippen LogP contribution in [0.5, 0.6) is 0 Å². The summed E-state index contributed by atoms with van der Waals surface area (Å²) in [5.41, 5.74) is 1.42. The van der Waals surface area contributed by atoms with Gasteiger partial charge in [0, 0.05) is 4.47 Å². The second-order valence-electron chi connectivity index (χ2n) is 7.16. The molecule has 1 aliphatic rings. The zero-order valence-electron chi connectivity index (χ0n) is 15.3. The van der Waals surface area contributed by atoms with Crippen LogP contribution in [0.15, 0.2) is 53.0 Å². The molecule has 0 saturated carbocycles. The van der Waals surface area contributed by atoms with E-state index < -0.39 is 14.2 Å². The van der Waals surface area contributed by atoms with Gasteiger partial charge in [-0.25, -0.2) is 4.79 Å². The van der Waals surface area contributed by atoms with Crippen molar-refractivity contribution in [1.82, 2.24) is 0 Å². The van der Waals surface area contributed by atoms with E-state index in [1.165, 1.54) is 12.3 Å². The van der Waals surface area contributed by atoms with Crippen LogP contribution >= 0.6 is 15.9 Å². The third-order valence-electron chi connectivity index (χ3n) is 5.24. The molecule has 1 amide bonds. The minimum absolute atomic E-state index is 0.0669. The van der Waals surface area contributed by atoms with Crippen molar-refractivity contribution in [2.45, 2.75) is 31.6 Å². The minimum Gasteiger partial charge on any atom is -0.452 e. The number of Topliss-reactive ketones (excluding diaryl/α,β-unsaturated/α-hetero) is 1. The highest BCUT2D eigenvalue weighted by molar-refractivity contribution is 9.10. The maximum absolute atomic E-state index is 12.7. The summed E-state index contributed by atoms with van der Waals surface area (Å²) in [4.78, 5) is 27.1. The van der Waals surface area contributed by atoms with Crippen molar-refractivity contribution in [2.24, 2.45) is 0 Å². The molecule has 0 N–H and O–H groups in total. The standard InChI is InChI=1S/C20H22BrNO3Si/c1-13(23)18-16-12-14(21)10-11-17(16)22(20(24)25-2)19(18)26(3,4)15-8-6-5-7-9-15/h5-12,18-19H,1-4H3/t18-,19+/m0/s1. The van der Waals surface area contributed by atoms with E-state index >= 15 is 0 Å². The molecule has 26 heavy (non-hydrogen) atoms. The van der Waals surface area contributed by atoms with E-state index in [0.717, 1.165) is 15.7 Å². The fraction of sp³-hybridized carbons (Fsp3) is 0.300. The van der Waals surface area contributed by atoms with Crippen LogP contribution in [0.3, 0.4) is 0 Å². The molecule has 2 atom stereocenters. The van der Waals surface area contributed by atoms with E-state index in [0.29, 0.717) is 0 Å². The van der Waals surface area contributed by atoms with Gasteiger partial charge in [0.25, 0.3) is 0 Å². The lowest BCUT2D eigenvalue weighted by atomic mass is 9.97. The molecule has 136 valence electrons. The van der Waals surface area contributed by atoms with Crippen LogP contribution in [0.1, 0.15) is 18.4 Å². The van der Waals surface area contributed by atoms with Gasteiger partial charge in [-0.3, -0.25) is 9.69 Å². The van der Waals surface area contributed by atoms with Gasteiger partial charge in [-0.15, -0.1) is 0 Å². The van der Waals surface area contributed by atoms with Crippen molar-refractivity contribution in [3.63, 3.8) is 0 Å². The Bertz CT molecular complexity index is 853. The summed E-state index contributed by atoms with van der Waals surface area (Å²) in [6, 6.07) is 15.9. The summed E-state index contributed by atoms with van der Waals surface area (Å²) < 4.78 is 5.99. The van der Waals surface area contributed by atoms with Gasteiger partial charge in [0.05, 0.1) is 24.4 Å². The Morgan fingerprint density at radius 1 is 1.12 bits per heavy atom. The Balaban J connectivity index is 2.23. The highest BCUT2D eigenvalue weighted by Gasteiger charge is 2.53. The lowest BCUT2D eigenvalue weighted by Gasteiger charge is -2.38. The summed E-state index contributed by atoms with van der Waals surface area (Å²) >= 11 is 3.50. The van der Waals surface area contributed by atoms with Crippen molar-refractivity contribution >= 4 is 46.8 Å². The van der Waals surface area contributed by atoms with Crippen LogP contribution in [-0.2, 0) is 9.53 Å². The van der Waals surface area contributed by atoms with E-state index in [2.05, 4.69) is 41.2 Å². The van der Waals surface area contributed by atoms with Crippen molar-refractivity contribution in [3.05, 3.63) is 58.6 Å². The molecule has 0 bridgehead atoms. The lowest BCUT2D eigenvalue weighted by molar-refractivity contribution is -0.118. The summed E-state index contributed by atoms with van der Waals surface area (Å²) in [5.74, 6) is -0.291. The summed E-state index contributed by atoms with van der Waals surface area (Å²) in [7, 11) is -0.856. The van der Waals surface area contributed by atoms with E-state index in [1.807, 2.05) is 36.4 Å². The number of amides is 1. The number of hydrogen-bond acceptors (Lipinski definition) is 3. The maximum Gasteiger partial charge on any atom is 0.414 e. The van der Waals surface area contributed by atoms with Gasteiger partial charge in [-0.05, 0) is 30.7 Å². The number of ketones is 1. The summed E-state index contributed by atoms with van der Waals surface area (Å²) in [5, 5.41) is 1.21. The van der Waals surface area contributed by atoms with Gasteiger partial charge in [-0.2, -0.15) is 0 Å². The lowest BCUT2D eigenvalue weighted by Crippen LogP contribution is -2.62. The van der Waals surface area contributed by atoms with Crippen LogP contribution in [0.4, 0.5) is 10.5 Å². The first kappa shape index (κ1) is 18.9. The molecule has 2 aromatic rings. The SMILES string of the molecule is COC(=O)N1c2ccc(Br)cc2[C@H](C(C)=O)[C@H]1[Si](C)(C)c1ccccc1. The second-order valence-corrected chi connectivity index (χ2v) is 12.7. The Morgan fingerprint density at radius 2 is 1.77 bits per heavy atom. The predicted molar refractivity (Wildman–Crippen MR) is 110 cm³/mol. The molecule has 0 saturated heterocycles. The molecule has 2 aromatic carbocycles. The number of ether oxygens (including phenoxy) is 1. The van der Waals surface area contributed by atoms with E-state index in [4.69, 9.17) is 4.74 Å². The molecule has 1 heterocycles. The van der Waals surface area contributed by atoms with Crippen molar-refractivity contribution in [3.8, 4) is 0 Å². The first-order valence-corrected chi connectivity index (χ1v) is 12.4. The average Bonchev–Trinajstić information content (AvgIpc) is 2.97. The van der Waals surface area contributed by atoms with Gasteiger partial charge in [0.2, 0.25) is 0 Å². The molecular weight excluding hydrogens is 410 g/mol. The van der Waals surface area contributed by atoms with E-state index in [1.54, 1.807) is 11.8 Å². The Kier molecular flexibility index (Phi) is 5.08. The normalized spacial score (nSPS) is 19.2. The number of fused-ring (bicyclic) bond motifs is 1. The number of anilines is 1. The molecule has 4 nitrogen and oxygen atoms in total. The smallest absolute Gasteiger partial charge is 0.414 e. The summed E-state index contributed by atoms with van der Waals surface area (Å²) in [6.45, 7) is 6.03. The number of halogens is 1. The second kappa shape index (κ2) is 7.00. The molecule has 6 heteroatoms. The van der Waals surface area contributed by atoms with Crippen LogP contribution in [-0.4, -0.2) is 32.7 Å². The fourth-order valence-corrected chi connectivity index (χ4v) is 7.90. The van der Waals surface area contributed by atoms with Crippen LogP contribution < -0.4 is 10.1 Å². The maximum atomic E-state index is 12.7. The molecule has 0 spiro atoms. The fourth-order valence-electron chi connectivity index (χ4n) is 3.99. The van der Waals surface area contributed by atoms with Gasteiger partial charge in [0.15, 0.2) is 0 Å². The Hall–Kier alpha value is -1.92.